The van der Waals surface area contributed by atoms with Crippen molar-refractivity contribution in [2.75, 3.05) is 0 Å². The zero-order valence-corrected chi connectivity index (χ0v) is 10.1. The third-order valence-corrected chi connectivity index (χ3v) is 2.33. The summed E-state index contributed by atoms with van der Waals surface area (Å²) in [4.78, 5) is 0. The van der Waals surface area contributed by atoms with E-state index in [9.17, 15) is 0 Å². The molecule has 0 spiro atoms. The Bertz CT molecular complexity index is 299. The lowest BCUT2D eigenvalue weighted by Crippen LogP contribution is -2.20. The van der Waals surface area contributed by atoms with Crippen molar-refractivity contribution >= 4 is 11.6 Å². The SMILES string of the molecule is CCCn1nnc(CCl)c1C(C)(C)C. The van der Waals surface area contributed by atoms with Crippen LogP contribution in [0, 0.1) is 0 Å². The largest absolute Gasteiger partial charge is 0.249 e. The molecule has 0 fully saturated rings. The Balaban J connectivity index is 3.13. The molecule has 0 aliphatic rings. The number of halogens is 1. The van der Waals surface area contributed by atoms with Crippen molar-refractivity contribution in [2.24, 2.45) is 0 Å². The molecule has 0 saturated heterocycles. The Kier molecular flexibility index (Phi) is 3.53. The van der Waals surface area contributed by atoms with Crippen LogP contribution >= 0.6 is 11.6 Å². The number of alkyl halides is 1. The molecule has 0 aliphatic heterocycles. The van der Waals surface area contributed by atoms with Crippen molar-refractivity contribution in [3.63, 3.8) is 0 Å². The molecule has 1 aromatic heterocycles. The first-order chi connectivity index (χ1) is 6.50. The Hall–Kier alpha value is -0.570. The fourth-order valence-corrected chi connectivity index (χ4v) is 1.81. The van der Waals surface area contributed by atoms with E-state index in [0.717, 1.165) is 24.4 Å². The summed E-state index contributed by atoms with van der Waals surface area (Å²) in [7, 11) is 0. The molecule has 14 heavy (non-hydrogen) atoms. The van der Waals surface area contributed by atoms with Crippen molar-refractivity contribution in [1.29, 1.82) is 0 Å². The molecule has 3 nitrogen and oxygen atoms in total. The van der Waals surface area contributed by atoms with E-state index in [-0.39, 0.29) is 5.41 Å². The van der Waals surface area contributed by atoms with Crippen molar-refractivity contribution in [1.82, 2.24) is 15.0 Å². The average molecular weight is 216 g/mol. The lowest BCUT2D eigenvalue weighted by Gasteiger charge is -2.20. The predicted octanol–water partition coefficient (Wildman–Crippen LogP) is 2.72. The smallest absolute Gasteiger partial charge is 0.101 e. The van der Waals surface area contributed by atoms with Gasteiger partial charge in [0.2, 0.25) is 0 Å². The second kappa shape index (κ2) is 4.30. The van der Waals surface area contributed by atoms with E-state index in [4.69, 9.17) is 11.6 Å². The Morgan fingerprint density at radius 2 is 2.00 bits per heavy atom. The van der Waals surface area contributed by atoms with E-state index in [1.54, 1.807) is 0 Å². The van der Waals surface area contributed by atoms with Crippen LogP contribution in [0.5, 0.6) is 0 Å². The summed E-state index contributed by atoms with van der Waals surface area (Å²) in [5, 5.41) is 8.23. The second-order valence-corrected chi connectivity index (χ2v) is 4.76. The zero-order valence-electron chi connectivity index (χ0n) is 9.34. The standard InChI is InChI=1S/C10H18ClN3/c1-5-6-14-9(10(2,3)4)8(7-11)12-13-14/h5-7H2,1-4H3. The first kappa shape index (κ1) is 11.5. The normalized spacial score (nSPS) is 12.1. The number of aromatic nitrogens is 3. The van der Waals surface area contributed by atoms with Gasteiger partial charge in [-0.3, -0.25) is 0 Å². The Morgan fingerprint density at radius 1 is 1.36 bits per heavy atom. The first-order valence-electron chi connectivity index (χ1n) is 4.99. The molecular formula is C10H18ClN3. The van der Waals surface area contributed by atoms with Gasteiger partial charge in [0.25, 0.3) is 0 Å². The molecule has 4 heteroatoms. The van der Waals surface area contributed by atoms with Crippen molar-refractivity contribution < 1.29 is 0 Å². The van der Waals surface area contributed by atoms with Gasteiger partial charge < -0.3 is 0 Å². The summed E-state index contributed by atoms with van der Waals surface area (Å²) < 4.78 is 1.97. The van der Waals surface area contributed by atoms with Crippen LogP contribution in [0.15, 0.2) is 0 Å². The molecular weight excluding hydrogens is 198 g/mol. The Labute approximate surface area is 90.4 Å². The van der Waals surface area contributed by atoms with Crippen LogP contribution in [0.3, 0.4) is 0 Å². The van der Waals surface area contributed by atoms with Gasteiger partial charge in [-0.2, -0.15) is 0 Å². The minimum absolute atomic E-state index is 0.0584. The van der Waals surface area contributed by atoms with Gasteiger partial charge in [0, 0.05) is 12.0 Å². The molecule has 0 amide bonds. The van der Waals surface area contributed by atoms with Gasteiger partial charge in [-0.05, 0) is 6.42 Å². The van der Waals surface area contributed by atoms with Crippen LogP contribution in [0.4, 0.5) is 0 Å². The van der Waals surface area contributed by atoms with Crippen molar-refractivity contribution in [3.8, 4) is 0 Å². The molecule has 0 radical (unpaired) electrons. The van der Waals surface area contributed by atoms with Gasteiger partial charge in [0.15, 0.2) is 0 Å². The number of rotatable bonds is 3. The highest BCUT2D eigenvalue weighted by Gasteiger charge is 2.24. The summed E-state index contributed by atoms with van der Waals surface area (Å²) in [6, 6.07) is 0. The van der Waals surface area contributed by atoms with Crippen LogP contribution in [-0.4, -0.2) is 15.0 Å². The van der Waals surface area contributed by atoms with E-state index < -0.39 is 0 Å². The molecule has 0 aromatic carbocycles. The lowest BCUT2D eigenvalue weighted by molar-refractivity contribution is 0.475. The van der Waals surface area contributed by atoms with Gasteiger partial charge >= 0.3 is 0 Å². The molecule has 0 aliphatic carbocycles. The first-order valence-corrected chi connectivity index (χ1v) is 5.53. The topological polar surface area (TPSA) is 30.7 Å². The van der Waals surface area contributed by atoms with Crippen LogP contribution in [0.2, 0.25) is 0 Å². The summed E-state index contributed by atoms with van der Waals surface area (Å²) >= 11 is 5.84. The number of hydrogen-bond donors (Lipinski definition) is 0. The van der Waals surface area contributed by atoms with Gasteiger partial charge in [-0.25, -0.2) is 4.68 Å². The second-order valence-electron chi connectivity index (χ2n) is 4.49. The molecule has 0 N–H and O–H groups in total. The monoisotopic (exact) mass is 215 g/mol. The van der Waals surface area contributed by atoms with E-state index >= 15 is 0 Å². The molecule has 1 aromatic rings. The van der Waals surface area contributed by atoms with Gasteiger partial charge in [-0.1, -0.05) is 32.9 Å². The lowest BCUT2D eigenvalue weighted by atomic mass is 9.90. The van der Waals surface area contributed by atoms with Crippen LogP contribution in [0.25, 0.3) is 0 Å². The van der Waals surface area contributed by atoms with E-state index in [1.165, 1.54) is 0 Å². The number of aryl methyl sites for hydroxylation is 1. The molecule has 0 atom stereocenters. The highest BCUT2D eigenvalue weighted by atomic mass is 35.5. The van der Waals surface area contributed by atoms with Crippen molar-refractivity contribution in [2.45, 2.75) is 52.0 Å². The van der Waals surface area contributed by atoms with E-state index in [1.807, 2.05) is 4.68 Å². The number of nitrogens with zero attached hydrogens (tertiary/aromatic N) is 3. The van der Waals surface area contributed by atoms with Crippen LogP contribution in [-0.2, 0) is 17.8 Å². The minimum Gasteiger partial charge on any atom is -0.249 e. The average Bonchev–Trinajstić information content (AvgIpc) is 2.47. The summed E-state index contributed by atoms with van der Waals surface area (Å²) in [5.74, 6) is 0.441. The maximum absolute atomic E-state index is 5.84. The van der Waals surface area contributed by atoms with E-state index in [2.05, 4.69) is 38.0 Å². The summed E-state index contributed by atoms with van der Waals surface area (Å²) in [6.45, 7) is 9.53. The fraction of sp³-hybridized carbons (Fsp3) is 0.800. The van der Waals surface area contributed by atoms with Gasteiger partial charge in [-0.15, -0.1) is 16.7 Å². The third kappa shape index (κ3) is 2.27. The van der Waals surface area contributed by atoms with Crippen LogP contribution < -0.4 is 0 Å². The van der Waals surface area contributed by atoms with Crippen LogP contribution in [0.1, 0.15) is 45.5 Å². The van der Waals surface area contributed by atoms with Gasteiger partial charge in [0.1, 0.15) is 5.69 Å². The quantitative estimate of drug-likeness (QED) is 0.726. The molecule has 0 saturated carbocycles. The summed E-state index contributed by atoms with van der Waals surface area (Å²) in [6.07, 6.45) is 1.06. The molecule has 80 valence electrons. The zero-order chi connectivity index (χ0) is 10.8. The number of hydrogen-bond acceptors (Lipinski definition) is 2. The maximum Gasteiger partial charge on any atom is 0.101 e. The molecule has 1 rings (SSSR count). The fourth-order valence-electron chi connectivity index (χ4n) is 1.63. The molecule has 1 heterocycles. The van der Waals surface area contributed by atoms with Crippen molar-refractivity contribution in [3.05, 3.63) is 11.4 Å². The maximum atomic E-state index is 5.84. The third-order valence-electron chi connectivity index (χ3n) is 2.08. The molecule has 0 unspecified atom stereocenters. The van der Waals surface area contributed by atoms with E-state index in [0.29, 0.717) is 5.88 Å². The minimum atomic E-state index is 0.0584. The summed E-state index contributed by atoms with van der Waals surface area (Å²) in [5.41, 5.74) is 2.13. The predicted molar refractivity (Wildman–Crippen MR) is 58.6 cm³/mol. The highest BCUT2D eigenvalue weighted by molar-refractivity contribution is 6.16. The highest BCUT2D eigenvalue weighted by Crippen LogP contribution is 2.25. The molecule has 0 bridgehead atoms. The van der Waals surface area contributed by atoms with Gasteiger partial charge in [0.05, 0.1) is 11.6 Å². The Morgan fingerprint density at radius 3 is 2.43 bits per heavy atom.